The molecule has 0 aliphatic carbocycles. The number of para-hydroxylation sites is 1. The van der Waals surface area contributed by atoms with Gasteiger partial charge < -0.3 is 15.9 Å². The Balaban J connectivity index is 1.95. The van der Waals surface area contributed by atoms with Crippen LogP contribution in [0.4, 0.5) is 0 Å². The molecule has 0 unspecified atom stereocenters. The van der Waals surface area contributed by atoms with Gasteiger partial charge in [-0.05, 0) is 31.2 Å². The summed E-state index contributed by atoms with van der Waals surface area (Å²) >= 11 is 1.51. The maximum atomic E-state index is 8.78. The second kappa shape index (κ2) is 5.49. The fourth-order valence-electron chi connectivity index (χ4n) is 2.11. The molecule has 0 atom stereocenters. The Bertz CT molecular complexity index is 792. The molecule has 0 saturated carbocycles. The van der Waals surface area contributed by atoms with Gasteiger partial charge in [0.05, 0.1) is 5.03 Å². The van der Waals surface area contributed by atoms with E-state index in [0.717, 1.165) is 26.6 Å². The van der Waals surface area contributed by atoms with Gasteiger partial charge in [-0.15, -0.1) is 0 Å². The van der Waals surface area contributed by atoms with E-state index in [0.29, 0.717) is 5.56 Å². The number of hydrogen-bond donors (Lipinski definition) is 3. The van der Waals surface area contributed by atoms with E-state index in [9.17, 15) is 0 Å². The van der Waals surface area contributed by atoms with E-state index in [1.54, 1.807) is 12.1 Å². The van der Waals surface area contributed by atoms with Crippen LogP contribution in [0.2, 0.25) is 0 Å². The van der Waals surface area contributed by atoms with E-state index in [-0.39, 0.29) is 5.84 Å². The fourth-order valence-corrected chi connectivity index (χ4v) is 3.06. The van der Waals surface area contributed by atoms with E-state index in [2.05, 4.69) is 27.3 Å². The smallest absolute Gasteiger partial charge is 0.170 e. The van der Waals surface area contributed by atoms with E-state index in [1.807, 2.05) is 25.1 Å². The first-order valence-electron chi connectivity index (χ1n) is 6.38. The van der Waals surface area contributed by atoms with Crippen LogP contribution in [0.1, 0.15) is 11.3 Å². The number of rotatable bonds is 3. The van der Waals surface area contributed by atoms with Crippen molar-refractivity contribution in [1.82, 2.24) is 9.97 Å². The normalized spacial score (nSPS) is 12.0. The first-order chi connectivity index (χ1) is 10.2. The van der Waals surface area contributed by atoms with Crippen LogP contribution < -0.4 is 5.73 Å². The Morgan fingerprint density at radius 2 is 2.10 bits per heavy atom. The van der Waals surface area contributed by atoms with Crippen LogP contribution in [-0.2, 0) is 0 Å². The third kappa shape index (κ3) is 2.85. The number of fused-ring (bicyclic) bond motifs is 1. The molecule has 1 aromatic carbocycles. The molecule has 2 aromatic heterocycles. The number of aryl methyl sites for hydroxylation is 1. The Labute approximate surface area is 125 Å². The topological polar surface area (TPSA) is 87.3 Å². The molecule has 3 rings (SSSR count). The maximum absolute atomic E-state index is 8.78. The quantitative estimate of drug-likeness (QED) is 0.300. The molecule has 21 heavy (non-hydrogen) atoms. The van der Waals surface area contributed by atoms with E-state index >= 15 is 0 Å². The van der Waals surface area contributed by atoms with Crippen molar-refractivity contribution in [2.24, 2.45) is 10.9 Å². The fraction of sp³-hybridized carbons (Fsp3) is 0.0667. The second-order valence-corrected chi connectivity index (χ2v) is 5.71. The first kappa shape index (κ1) is 13.5. The molecule has 0 aliphatic heterocycles. The molecule has 3 aromatic rings. The largest absolute Gasteiger partial charge is 0.409 e. The van der Waals surface area contributed by atoms with Gasteiger partial charge in [-0.3, -0.25) is 0 Å². The second-order valence-electron chi connectivity index (χ2n) is 4.64. The number of aromatic amines is 1. The molecule has 6 heteroatoms. The number of aromatic nitrogens is 2. The van der Waals surface area contributed by atoms with Gasteiger partial charge in [0, 0.05) is 22.2 Å². The summed E-state index contributed by atoms with van der Waals surface area (Å²) in [5, 5.41) is 14.8. The van der Waals surface area contributed by atoms with Crippen molar-refractivity contribution in [2.75, 3.05) is 0 Å². The molecule has 0 amide bonds. The van der Waals surface area contributed by atoms with Gasteiger partial charge >= 0.3 is 0 Å². The highest BCUT2D eigenvalue weighted by molar-refractivity contribution is 7.99. The van der Waals surface area contributed by atoms with E-state index in [1.165, 1.54) is 11.8 Å². The van der Waals surface area contributed by atoms with E-state index < -0.39 is 0 Å². The van der Waals surface area contributed by atoms with Crippen molar-refractivity contribution in [1.29, 1.82) is 0 Å². The standard InChI is InChI=1S/C15H14N4OS/c1-9-6-11(15(16)19-20)8-13(17-9)21-14-7-10-4-2-3-5-12(10)18-14/h2-8,18,20H,1H3,(H2,16,19). The SMILES string of the molecule is Cc1cc(/C(N)=N/O)cc(Sc2cc3ccccc3[nH]2)n1. The number of amidine groups is 1. The van der Waals surface area contributed by atoms with Crippen molar-refractivity contribution < 1.29 is 5.21 Å². The van der Waals surface area contributed by atoms with Crippen LogP contribution >= 0.6 is 11.8 Å². The number of oxime groups is 1. The molecule has 0 bridgehead atoms. The van der Waals surface area contributed by atoms with Crippen LogP contribution in [0.5, 0.6) is 0 Å². The van der Waals surface area contributed by atoms with Crippen LogP contribution in [0.25, 0.3) is 10.9 Å². The van der Waals surface area contributed by atoms with Crippen molar-refractivity contribution in [2.45, 2.75) is 17.0 Å². The molecule has 0 aliphatic rings. The lowest BCUT2D eigenvalue weighted by Gasteiger charge is -2.04. The Morgan fingerprint density at radius 1 is 1.29 bits per heavy atom. The van der Waals surface area contributed by atoms with Gasteiger partial charge in [0.1, 0.15) is 5.03 Å². The zero-order valence-electron chi connectivity index (χ0n) is 11.4. The molecule has 0 radical (unpaired) electrons. The summed E-state index contributed by atoms with van der Waals surface area (Å²) in [6, 6.07) is 13.8. The number of nitrogens with two attached hydrogens (primary N) is 1. The highest BCUT2D eigenvalue weighted by Gasteiger charge is 2.08. The summed E-state index contributed by atoms with van der Waals surface area (Å²) in [7, 11) is 0. The van der Waals surface area contributed by atoms with Crippen molar-refractivity contribution in [3.8, 4) is 0 Å². The molecule has 0 saturated heterocycles. The third-order valence-corrected chi connectivity index (χ3v) is 3.91. The highest BCUT2D eigenvalue weighted by atomic mass is 32.2. The lowest BCUT2D eigenvalue weighted by molar-refractivity contribution is 0.318. The molecular formula is C15H14N4OS. The lowest BCUT2D eigenvalue weighted by Crippen LogP contribution is -2.13. The first-order valence-corrected chi connectivity index (χ1v) is 7.19. The number of H-pyrrole nitrogens is 1. The van der Waals surface area contributed by atoms with Crippen molar-refractivity contribution >= 4 is 28.5 Å². The zero-order chi connectivity index (χ0) is 14.8. The maximum Gasteiger partial charge on any atom is 0.170 e. The summed E-state index contributed by atoms with van der Waals surface area (Å²) in [5.74, 6) is 0.0824. The predicted molar refractivity (Wildman–Crippen MR) is 83.9 cm³/mol. The van der Waals surface area contributed by atoms with E-state index in [4.69, 9.17) is 10.9 Å². The van der Waals surface area contributed by atoms with Gasteiger partial charge in [0.15, 0.2) is 5.84 Å². The molecule has 0 spiro atoms. The predicted octanol–water partition coefficient (Wildman–Crippen LogP) is 3.12. The van der Waals surface area contributed by atoms with Crippen LogP contribution in [-0.4, -0.2) is 21.0 Å². The third-order valence-electron chi connectivity index (χ3n) is 3.05. The van der Waals surface area contributed by atoms with Crippen LogP contribution in [0, 0.1) is 6.92 Å². The summed E-state index contributed by atoms with van der Waals surface area (Å²) < 4.78 is 0. The van der Waals surface area contributed by atoms with Crippen LogP contribution in [0.3, 0.4) is 0 Å². The Kier molecular flexibility index (Phi) is 3.53. The zero-order valence-corrected chi connectivity index (χ0v) is 12.2. The summed E-state index contributed by atoms with van der Waals surface area (Å²) in [4.78, 5) is 7.81. The van der Waals surface area contributed by atoms with Gasteiger partial charge in [-0.1, -0.05) is 35.1 Å². The lowest BCUT2D eigenvalue weighted by atomic mass is 10.2. The summed E-state index contributed by atoms with van der Waals surface area (Å²) in [6.07, 6.45) is 0. The summed E-state index contributed by atoms with van der Waals surface area (Å²) in [6.45, 7) is 1.88. The highest BCUT2D eigenvalue weighted by Crippen LogP contribution is 2.29. The molecule has 2 heterocycles. The number of nitrogens with one attached hydrogen (secondary N) is 1. The van der Waals surface area contributed by atoms with Crippen molar-refractivity contribution in [3.05, 3.63) is 53.7 Å². The van der Waals surface area contributed by atoms with Crippen molar-refractivity contribution in [3.63, 3.8) is 0 Å². The molecule has 0 fully saturated rings. The van der Waals surface area contributed by atoms with Crippen LogP contribution in [0.15, 0.2) is 57.7 Å². The Hall–Kier alpha value is -2.47. The molecular weight excluding hydrogens is 284 g/mol. The average Bonchev–Trinajstić information content (AvgIpc) is 2.87. The van der Waals surface area contributed by atoms with Gasteiger partial charge in [-0.2, -0.15) is 0 Å². The number of hydrogen-bond acceptors (Lipinski definition) is 4. The minimum Gasteiger partial charge on any atom is -0.409 e. The number of benzene rings is 1. The average molecular weight is 298 g/mol. The minimum absolute atomic E-state index is 0.0824. The monoisotopic (exact) mass is 298 g/mol. The summed E-state index contributed by atoms with van der Waals surface area (Å²) in [5.41, 5.74) is 8.20. The minimum atomic E-state index is 0.0824. The Morgan fingerprint density at radius 3 is 2.86 bits per heavy atom. The van der Waals surface area contributed by atoms with Gasteiger partial charge in [0.25, 0.3) is 0 Å². The number of pyridine rings is 1. The molecule has 4 N–H and O–H groups in total. The number of nitrogens with zero attached hydrogens (tertiary/aromatic N) is 2. The molecule has 5 nitrogen and oxygen atoms in total. The van der Waals surface area contributed by atoms with Gasteiger partial charge in [0.2, 0.25) is 0 Å². The molecule has 106 valence electrons. The van der Waals surface area contributed by atoms with Gasteiger partial charge in [-0.25, -0.2) is 4.98 Å².